The molecule has 0 aliphatic carbocycles. The zero-order chi connectivity index (χ0) is 9.78. The summed E-state index contributed by atoms with van der Waals surface area (Å²) in [7, 11) is -1.60. The van der Waals surface area contributed by atoms with E-state index in [1.807, 2.05) is 19.6 Å². The molecule has 0 aliphatic rings. The van der Waals surface area contributed by atoms with Gasteiger partial charge in [0.05, 0.1) is 13.6 Å². The summed E-state index contributed by atoms with van der Waals surface area (Å²) in [6.07, 6.45) is 1.21. The highest BCUT2D eigenvalue weighted by Gasteiger charge is 2.31. The predicted octanol–water partition coefficient (Wildman–Crippen LogP) is 1.55. The Balaban J connectivity index is 4.15. The Bertz CT molecular complexity index is 151. The maximum atomic E-state index is 10.8. The lowest BCUT2D eigenvalue weighted by Gasteiger charge is -2.24. The molecule has 0 amide bonds. The minimum Gasteiger partial charge on any atom is -0.481 e. The fraction of sp³-hybridized carbons (Fsp3) is 0.875. The zero-order valence-electron chi connectivity index (χ0n) is 8.00. The van der Waals surface area contributed by atoms with Gasteiger partial charge in [-0.15, -0.1) is 0 Å². The molecule has 4 heteroatoms. The third-order valence-corrected chi connectivity index (χ3v) is 4.62. The number of aliphatic carboxylic acids is 1. The van der Waals surface area contributed by atoms with Crippen LogP contribution >= 0.6 is 0 Å². The number of rotatable bonds is 5. The van der Waals surface area contributed by atoms with Crippen molar-refractivity contribution in [2.24, 2.45) is 0 Å². The van der Waals surface area contributed by atoms with E-state index in [0.717, 1.165) is 0 Å². The Kier molecular flexibility index (Phi) is 4.48. The van der Waals surface area contributed by atoms with Gasteiger partial charge in [-0.3, -0.25) is 4.79 Å². The van der Waals surface area contributed by atoms with Crippen LogP contribution in [0.15, 0.2) is 0 Å². The molecule has 0 rings (SSSR count). The van der Waals surface area contributed by atoms with Gasteiger partial charge >= 0.3 is 5.97 Å². The molecule has 0 saturated heterocycles. The molecular formula is C8H18O3Si. The summed E-state index contributed by atoms with van der Waals surface area (Å²) in [5, 5.41) is 17.5. The monoisotopic (exact) mass is 190 g/mol. The lowest BCUT2D eigenvalue weighted by atomic mass is 10.2. The van der Waals surface area contributed by atoms with E-state index in [2.05, 4.69) is 0 Å². The third-order valence-electron chi connectivity index (χ3n) is 1.99. The van der Waals surface area contributed by atoms with Crippen LogP contribution in [0.3, 0.4) is 0 Å². The number of carboxylic acid groups (broad SMARTS) is 1. The first-order valence-electron chi connectivity index (χ1n) is 4.23. The van der Waals surface area contributed by atoms with Crippen molar-refractivity contribution in [2.75, 3.05) is 6.61 Å². The number of carbonyl (C=O) groups is 1. The molecule has 1 unspecified atom stereocenters. The molecular weight excluding hydrogens is 172 g/mol. The zero-order valence-corrected chi connectivity index (χ0v) is 9.00. The molecule has 0 radical (unpaired) electrons. The first kappa shape index (κ1) is 11.6. The van der Waals surface area contributed by atoms with Crippen LogP contribution in [0, 0.1) is 0 Å². The summed E-state index contributed by atoms with van der Waals surface area (Å²) in [5.74, 6) is -0.706. The molecule has 12 heavy (non-hydrogen) atoms. The molecule has 0 aromatic rings. The van der Waals surface area contributed by atoms with E-state index < -0.39 is 14.0 Å². The molecule has 0 spiro atoms. The van der Waals surface area contributed by atoms with Gasteiger partial charge in [-0.2, -0.15) is 0 Å². The van der Waals surface area contributed by atoms with Crippen molar-refractivity contribution in [3.63, 3.8) is 0 Å². The Hall–Kier alpha value is -0.353. The summed E-state index contributed by atoms with van der Waals surface area (Å²) in [5.41, 5.74) is -0.218. The summed E-state index contributed by atoms with van der Waals surface area (Å²) in [6, 6.07) is 0. The van der Waals surface area contributed by atoms with Crippen LogP contribution in [0.1, 0.15) is 12.8 Å². The van der Waals surface area contributed by atoms with Crippen LogP contribution in [0.25, 0.3) is 0 Å². The van der Waals surface area contributed by atoms with E-state index in [9.17, 15) is 4.79 Å². The Morgan fingerprint density at radius 2 is 1.92 bits per heavy atom. The van der Waals surface area contributed by atoms with Gasteiger partial charge in [0.25, 0.3) is 0 Å². The standard InChI is InChI=1S/C8H18O3Si/c1-12(2,3)7(8(10)11)5-4-6-9/h7,9H,4-6H2,1-3H3,(H,10,11). The van der Waals surface area contributed by atoms with Crippen molar-refractivity contribution < 1.29 is 15.0 Å². The van der Waals surface area contributed by atoms with Gasteiger partial charge in [0, 0.05) is 6.61 Å². The molecule has 0 aromatic carbocycles. The Morgan fingerprint density at radius 3 is 2.17 bits per heavy atom. The number of hydrogen-bond acceptors (Lipinski definition) is 2. The number of aliphatic hydroxyl groups excluding tert-OH is 1. The maximum absolute atomic E-state index is 10.8. The van der Waals surface area contributed by atoms with Crippen molar-refractivity contribution in [2.45, 2.75) is 38.0 Å². The highest BCUT2D eigenvalue weighted by Crippen LogP contribution is 2.26. The van der Waals surface area contributed by atoms with Crippen molar-refractivity contribution in [3.05, 3.63) is 0 Å². The molecule has 72 valence electrons. The molecule has 1 atom stereocenters. The largest absolute Gasteiger partial charge is 0.481 e. The second kappa shape index (κ2) is 4.62. The summed E-state index contributed by atoms with van der Waals surface area (Å²) < 4.78 is 0. The number of aliphatic hydroxyl groups is 1. The minimum absolute atomic E-state index is 0.0915. The molecule has 0 bridgehead atoms. The molecule has 0 aromatic heterocycles. The van der Waals surface area contributed by atoms with Gasteiger partial charge in [-0.25, -0.2) is 0 Å². The molecule has 3 nitrogen and oxygen atoms in total. The van der Waals surface area contributed by atoms with Crippen LogP contribution in [0.4, 0.5) is 0 Å². The Labute approximate surface area is 74.4 Å². The van der Waals surface area contributed by atoms with Gasteiger partial charge in [0.15, 0.2) is 0 Å². The van der Waals surface area contributed by atoms with Crippen molar-refractivity contribution in [1.82, 2.24) is 0 Å². The number of carboxylic acids is 1. The molecule has 2 N–H and O–H groups in total. The fourth-order valence-electron chi connectivity index (χ4n) is 1.22. The number of hydrogen-bond donors (Lipinski definition) is 2. The van der Waals surface area contributed by atoms with Crippen molar-refractivity contribution in [3.8, 4) is 0 Å². The van der Waals surface area contributed by atoms with E-state index in [-0.39, 0.29) is 12.1 Å². The van der Waals surface area contributed by atoms with E-state index in [1.54, 1.807) is 0 Å². The van der Waals surface area contributed by atoms with E-state index in [1.165, 1.54) is 0 Å². The van der Waals surface area contributed by atoms with Gasteiger partial charge in [-0.1, -0.05) is 19.6 Å². The quantitative estimate of drug-likeness (QED) is 0.647. The first-order chi connectivity index (χ1) is 5.39. The summed E-state index contributed by atoms with van der Waals surface area (Å²) in [6.45, 7) is 6.23. The van der Waals surface area contributed by atoms with Gasteiger partial charge in [-0.05, 0) is 12.8 Å². The van der Waals surface area contributed by atoms with Gasteiger partial charge in [0.1, 0.15) is 0 Å². The fourth-order valence-corrected chi connectivity index (χ4v) is 3.03. The van der Waals surface area contributed by atoms with Crippen LogP contribution in [-0.2, 0) is 4.79 Å². The predicted molar refractivity (Wildman–Crippen MR) is 51.1 cm³/mol. The highest BCUT2D eigenvalue weighted by atomic mass is 28.3. The van der Waals surface area contributed by atoms with Crippen molar-refractivity contribution >= 4 is 14.0 Å². The van der Waals surface area contributed by atoms with Gasteiger partial charge < -0.3 is 10.2 Å². The smallest absolute Gasteiger partial charge is 0.303 e. The van der Waals surface area contributed by atoms with Gasteiger partial charge in [0.2, 0.25) is 0 Å². The molecule has 0 heterocycles. The van der Waals surface area contributed by atoms with E-state index in [0.29, 0.717) is 12.8 Å². The molecule has 0 fully saturated rings. The average molecular weight is 190 g/mol. The van der Waals surface area contributed by atoms with E-state index >= 15 is 0 Å². The summed E-state index contributed by atoms with van der Waals surface area (Å²) in [4.78, 5) is 10.8. The topological polar surface area (TPSA) is 57.5 Å². The van der Waals surface area contributed by atoms with Crippen LogP contribution < -0.4 is 0 Å². The maximum Gasteiger partial charge on any atom is 0.303 e. The lowest BCUT2D eigenvalue weighted by molar-refractivity contribution is -0.137. The van der Waals surface area contributed by atoms with Crippen LogP contribution in [-0.4, -0.2) is 30.9 Å². The lowest BCUT2D eigenvalue weighted by Crippen LogP contribution is -2.33. The first-order valence-corrected chi connectivity index (χ1v) is 7.81. The second-order valence-corrected chi connectivity index (χ2v) is 9.55. The molecule has 0 saturated carbocycles. The summed E-state index contributed by atoms with van der Waals surface area (Å²) >= 11 is 0. The highest BCUT2D eigenvalue weighted by molar-refractivity contribution is 6.80. The van der Waals surface area contributed by atoms with E-state index in [4.69, 9.17) is 10.2 Å². The third kappa shape index (κ3) is 3.87. The van der Waals surface area contributed by atoms with Crippen LogP contribution in [0.5, 0.6) is 0 Å². The minimum atomic E-state index is -1.60. The Morgan fingerprint density at radius 1 is 1.42 bits per heavy atom. The second-order valence-electron chi connectivity index (χ2n) is 4.12. The SMILES string of the molecule is C[Si](C)(C)C(CCCO)C(=O)O. The average Bonchev–Trinajstić information content (AvgIpc) is 1.84. The van der Waals surface area contributed by atoms with Crippen molar-refractivity contribution in [1.29, 1.82) is 0 Å². The normalized spacial score (nSPS) is 14.3. The molecule has 0 aliphatic heterocycles. The van der Waals surface area contributed by atoms with Crippen LogP contribution in [0.2, 0.25) is 25.2 Å².